The first kappa shape index (κ1) is 11.0. The minimum Gasteiger partial charge on any atom is -0.371 e. The lowest BCUT2D eigenvalue weighted by molar-refractivity contribution is 0.578. The van der Waals surface area contributed by atoms with Crippen LogP contribution < -0.4 is 4.90 Å². The summed E-state index contributed by atoms with van der Waals surface area (Å²) < 4.78 is 0. The third-order valence-electron chi connectivity index (χ3n) is 3.52. The van der Waals surface area contributed by atoms with E-state index in [0.29, 0.717) is 5.56 Å². The van der Waals surface area contributed by atoms with Crippen molar-refractivity contribution in [2.75, 3.05) is 18.0 Å². The number of nitrogens with zero attached hydrogens (tertiary/aromatic N) is 3. The Morgan fingerprint density at radius 2 is 1.94 bits per heavy atom. The maximum absolute atomic E-state index is 8.86. The lowest BCUT2D eigenvalue weighted by atomic mass is 10.1. The molecule has 0 atom stereocenters. The molecule has 1 fully saturated rings. The predicted molar refractivity (Wildman–Crippen MR) is 72.5 cm³/mol. The number of pyridine rings is 1. The summed E-state index contributed by atoms with van der Waals surface area (Å²) in [6, 6.07) is 10.3. The summed E-state index contributed by atoms with van der Waals surface area (Å²) in [6.07, 6.45) is 5.54. The van der Waals surface area contributed by atoms with Gasteiger partial charge in [0, 0.05) is 30.4 Å². The predicted octanol–water partition coefficient (Wildman–Crippen LogP) is 3.10. The molecule has 1 aromatic carbocycles. The first-order valence-corrected chi connectivity index (χ1v) is 6.42. The van der Waals surface area contributed by atoms with Gasteiger partial charge in [-0.15, -0.1) is 0 Å². The maximum atomic E-state index is 8.86. The van der Waals surface area contributed by atoms with Crippen LogP contribution in [0.1, 0.15) is 24.8 Å². The van der Waals surface area contributed by atoms with E-state index in [0.717, 1.165) is 24.0 Å². The van der Waals surface area contributed by atoms with E-state index in [2.05, 4.69) is 34.2 Å². The molecule has 1 aliphatic rings. The van der Waals surface area contributed by atoms with E-state index < -0.39 is 0 Å². The number of anilines is 1. The van der Waals surface area contributed by atoms with Gasteiger partial charge in [-0.05, 0) is 37.5 Å². The highest BCUT2D eigenvalue weighted by Crippen LogP contribution is 2.24. The van der Waals surface area contributed by atoms with E-state index in [4.69, 9.17) is 5.26 Å². The Labute approximate surface area is 107 Å². The van der Waals surface area contributed by atoms with Crippen LogP contribution in [0.25, 0.3) is 10.9 Å². The van der Waals surface area contributed by atoms with Crippen LogP contribution in [0.5, 0.6) is 0 Å². The highest BCUT2D eigenvalue weighted by molar-refractivity contribution is 5.83. The second kappa shape index (κ2) is 4.66. The van der Waals surface area contributed by atoms with Gasteiger partial charge in [-0.1, -0.05) is 6.07 Å². The van der Waals surface area contributed by atoms with Crippen molar-refractivity contribution < 1.29 is 0 Å². The average molecular weight is 237 g/mol. The van der Waals surface area contributed by atoms with Crippen LogP contribution in [0.3, 0.4) is 0 Å². The van der Waals surface area contributed by atoms with E-state index >= 15 is 0 Å². The second-order valence-electron chi connectivity index (χ2n) is 4.76. The number of aromatic nitrogens is 1. The van der Waals surface area contributed by atoms with Crippen molar-refractivity contribution in [1.29, 1.82) is 5.26 Å². The Bertz CT molecular complexity index is 607. The van der Waals surface area contributed by atoms with Crippen molar-refractivity contribution in [1.82, 2.24) is 4.98 Å². The summed E-state index contributed by atoms with van der Waals surface area (Å²) in [7, 11) is 0. The third kappa shape index (κ3) is 2.02. The topological polar surface area (TPSA) is 39.9 Å². The Morgan fingerprint density at radius 1 is 1.11 bits per heavy atom. The fourth-order valence-corrected chi connectivity index (χ4v) is 2.52. The second-order valence-corrected chi connectivity index (χ2v) is 4.76. The Morgan fingerprint density at radius 3 is 2.72 bits per heavy atom. The molecule has 0 saturated carbocycles. The van der Waals surface area contributed by atoms with E-state index in [1.54, 1.807) is 6.20 Å². The molecule has 3 heteroatoms. The molecule has 0 unspecified atom stereocenters. The molecule has 1 aromatic heterocycles. The molecule has 0 bridgehead atoms. The highest BCUT2D eigenvalue weighted by Gasteiger charge is 2.11. The molecule has 1 saturated heterocycles. The van der Waals surface area contributed by atoms with Crippen LogP contribution in [0.2, 0.25) is 0 Å². The Kier molecular flexibility index (Phi) is 2.85. The van der Waals surface area contributed by atoms with Crippen molar-refractivity contribution in [2.24, 2.45) is 0 Å². The van der Waals surface area contributed by atoms with Gasteiger partial charge in [0.05, 0.1) is 11.1 Å². The molecular formula is C15H15N3. The quantitative estimate of drug-likeness (QED) is 0.765. The van der Waals surface area contributed by atoms with Gasteiger partial charge in [-0.25, -0.2) is 0 Å². The molecule has 1 aliphatic heterocycles. The molecular weight excluding hydrogens is 222 g/mol. The van der Waals surface area contributed by atoms with Gasteiger partial charge in [-0.2, -0.15) is 5.26 Å². The molecule has 3 nitrogen and oxygen atoms in total. The van der Waals surface area contributed by atoms with Gasteiger partial charge in [-0.3, -0.25) is 4.98 Å². The van der Waals surface area contributed by atoms with Crippen LogP contribution in [0.15, 0.2) is 30.5 Å². The minimum atomic E-state index is 0.619. The third-order valence-corrected chi connectivity index (χ3v) is 3.52. The molecule has 0 spiro atoms. The highest BCUT2D eigenvalue weighted by atomic mass is 15.1. The number of hydrogen-bond acceptors (Lipinski definition) is 3. The van der Waals surface area contributed by atoms with Gasteiger partial charge in [0.1, 0.15) is 6.07 Å². The zero-order valence-electron chi connectivity index (χ0n) is 10.3. The van der Waals surface area contributed by atoms with Crippen LogP contribution in [-0.4, -0.2) is 18.1 Å². The summed E-state index contributed by atoms with van der Waals surface area (Å²) in [4.78, 5) is 6.78. The molecule has 2 heterocycles. The first-order valence-electron chi connectivity index (χ1n) is 6.42. The monoisotopic (exact) mass is 237 g/mol. The van der Waals surface area contributed by atoms with E-state index in [-0.39, 0.29) is 0 Å². The van der Waals surface area contributed by atoms with Crippen molar-refractivity contribution in [3.8, 4) is 6.07 Å². The van der Waals surface area contributed by atoms with Crippen molar-refractivity contribution in [3.63, 3.8) is 0 Å². The first-order chi connectivity index (χ1) is 8.86. The fourth-order valence-electron chi connectivity index (χ4n) is 2.52. The van der Waals surface area contributed by atoms with E-state index in [1.165, 1.54) is 24.9 Å². The molecule has 90 valence electrons. The average Bonchev–Trinajstić information content (AvgIpc) is 2.47. The molecule has 0 amide bonds. The van der Waals surface area contributed by atoms with Crippen LogP contribution in [-0.2, 0) is 0 Å². The van der Waals surface area contributed by atoms with Crippen molar-refractivity contribution >= 4 is 16.6 Å². The number of piperidine rings is 1. The number of nitriles is 1. The van der Waals surface area contributed by atoms with Crippen LogP contribution in [0.4, 0.5) is 5.69 Å². The summed E-state index contributed by atoms with van der Waals surface area (Å²) in [5.74, 6) is 0. The van der Waals surface area contributed by atoms with Crippen LogP contribution in [0, 0.1) is 11.3 Å². The summed E-state index contributed by atoms with van der Waals surface area (Å²) in [5, 5.41) is 9.89. The van der Waals surface area contributed by atoms with Crippen LogP contribution >= 0.6 is 0 Å². The summed E-state index contributed by atoms with van der Waals surface area (Å²) in [5.41, 5.74) is 2.84. The fraction of sp³-hybridized carbons (Fsp3) is 0.333. The number of fused-ring (bicyclic) bond motifs is 1. The standard InChI is InChI=1S/C15H15N3/c16-10-12-8-13-4-5-14(9-15(13)17-11-12)18-6-2-1-3-7-18/h4-5,8-9,11H,1-3,6-7H2. The van der Waals surface area contributed by atoms with Crippen molar-refractivity contribution in [3.05, 3.63) is 36.0 Å². The minimum absolute atomic E-state index is 0.619. The molecule has 0 radical (unpaired) electrons. The zero-order chi connectivity index (χ0) is 12.4. The number of hydrogen-bond donors (Lipinski definition) is 0. The van der Waals surface area contributed by atoms with Gasteiger partial charge >= 0.3 is 0 Å². The molecule has 3 rings (SSSR count). The SMILES string of the molecule is N#Cc1cnc2cc(N3CCCCC3)ccc2c1. The molecule has 18 heavy (non-hydrogen) atoms. The van der Waals surface area contributed by atoms with Crippen molar-refractivity contribution in [2.45, 2.75) is 19.3 Å². The summed E-state index contributed by atoms with van der Waals surface area (Å²) in [6.45, 7) is 2.28. The lowest BCUT2D eigenvalue weighted by Gasteiger charge is -2.28. The van der Waals surface area contributed by atoms with Gasteiger partial charge in [0.2, 0.25) is 0 Å². The normalized spacial score (nSPS) is 15.6. The number of rotatable bonds is 1. The van der Waals surface area contributed by atoms with Gasteiger partial charge in [0.25, 0.3) is 0 Å². The largest absolute Gasteiger partial charge is 0.371 e. The molecule has 0 aliphatic carbocycles. The molecule has 2 aromatic rings. The van der Waals surface area contributed by atoms with Gasteiger partial charge < -0.3 is 4.90 Å². The van der Waals surface area contributed by atoms with E-state index in [1.807, 2.05) is 6.07 Å². The lowest BCUT2D eigenvalue weighted by Crippen LogP contribution is -2.29. The zero-order valence-corrected chi connectivity index (χ0v) is 10.3. The Balaban J connectivity index is 1.98. The Hall–Kier alpha value is -2.08. The number of benzene rings is 1. The van der Waals surface area contributed by atoms with Gasteiger partial charge in [0.15, 0.2) is 0 Å². The van der Waals surface area contributed by atoms with E-state index in [9.17, 15) is 0 Å². The summed E-state index contributed by atoms with van der Waals surface area (Å²) >= 11 is 0. The smallest absolute Gasteiger partial charge is 0.101 e. The maximum Gasteiger partial charge on any atom is 0.101 e. The molecule has 0 N–H and O–H groups in total.